The molecular formula is C15H24N4O2+2. The van der Waals surface area contributed by atoms with Gasteiger partial charge in [0.1, 0.15) is 37.2 Å². The molecule has 6 nitrogen and oxygen atoms in total. The van der Waals surface area contributed by atoms with Crippen molar-refractivity contribution >= 4 is 17.0 Å². The van der Waals surface area contributed by atoms with Crippen molar-refractivity contribution in [2.45, 2.75) is 13.1 Å². The van der Waals surface area contributed by atoms with Crippen LogP contribution in [-0.4, -0.2) is 49.1 Å². The lowest BCUT2D eigenvalue weighted by Gasteiger charge is -2.23. The highest BCUT2D eigenvalue weighted by atomic mass is 16.5. The number of hydrogen-bond acceptors (Lipinski definition) is 3. The van der Waals surface area contributed by atoms with Crippen molar-refractivity contribution in [3.8, 4) is 0 Å². The van der Waals surface area contributed by atoms with Crippen molar-refractivity contribution in [1.82, 2.24) is 4.57 Å². The van der Waals surface area contributed by atoms with E-state index in [0.717, 1.165) is 56.4 Å². The van der Waals surface area contributed by atoms with E-state index in [1.54, 1.807) is 4.90 Å². The summed E-state index contributed by atoms with van der Waals surface area (Å²) in [5.74, 6) is 0.720. The van der Waals surface area contributed by atoms with Crippen LogP contribution in [0.5, 0.6) is 0 Å². The molecule has 0 atom stereocenters. The molecule has 1 aromatic heterocycles. The number of nitrogens with one attached hydrogen (secondary N) is 1. The minimum Gasteiger partial charge on any atom is -0.393 e. The molecule has 3 rings (SSSR count). The van der Waals surface area contributed by atoms with E-state index in [9.17, 15) is 5.11 Å². The second-order valence-electron chi connectivity index (χ2n) is 5.49. The Morgan fingerprint density at radius 1 is 1.29 bits per heavy atom. The Hall–Kier alpha value is -1.63. The van der Waals surface area contributed by atoms with Gasteiger partial charge in [0, 0.05) is 0 Å². The maximum absolute atomic E-state index is 9.24. The van der Waals surface area contributed by atoms with Gasteiger partial charge in [-0.1, -0.05) is 12.1 Å². The summed E-state index contributed by atoms with van der Waals surface area (Å²) in [7, 11) is 0. The van der Waals surface area contributed by atoms with Crippen molar-refractivity contribution in [1.29, 1.82) is 0 Å². The molecule has 1 fully saturated rings. The first-order valence-electron chi connectivity index (χ1n) is 7.60. The highest BCUT2D eigenvalue weighted by molar-refractivity contribution is 5.73. The molecule has 0 radical (unpaired) electrons. The molecule has 2 aromatic rings. The quantitative estimate of drug-likeness (QED) is 0.583. The molecule has 4 N–H and O–H groups in total. The predicted molar refractivity (Wildman–Crippen MR) is 80.0 cm³/mol. The largest absolute Gasteiger partial charge is 0.393 e. The number of aromatic nitrogens is 2. The van der Waals surface area contributed by atoms with Crippen molar-refractivity contribution in [3.63, 3.8) is 0 Å². The zero-order valence-electron chi connectivity index (χ0n) is 12.3. The van der Waals surface area contributed by atoms with Gasteiger partial charge in [0.2, 0.25) is 0 Å². The van der Waals surface area contributed by atoms with Gasteiger partial charge in [0.15, 0.2) is 0 Å². The third-order valence-electron chi connectivity index (χ3n) is 4.23. The van der Waals surface area contributed by atoms with E-state index in [1.165, 1.54) is 0 Å². The average Bonchev–Trinajstić information content (AvgIpc) is 2.79. The van der Waals surface area contributed by atoms with Crippen LogP contribution in [0.25, 0.3) is 11.0 Å². The number of benzene rings is 1. The molecule has 0 aliphatic carbocycles. The van der Waals surface area contributed by atoms with Crippen molar-refractivity contribution in [2.24, 2.45) is 0 Å². The Morgan fingerprint density at radius 3 is 2.81 bits per heavy atom. The topological polar surface area (TPSA) is 68.7 Å². The summed E-state index contributed by atoms with van der Waals surface area (Å²) in [6, 6.07) is 8.18. The predicted octanol–water partition coefficient (Wildman–Crippen LogP) is -1.58. The summed E-state index contributed by atoms with van der Waals surface area (Å²) in [5, 5.41) is 9.24. The van der Waals surface area contributed by atoms with Gasteiger partial charge < -0.3 is 14.7 Å². The SMILES string of the molecule is Nc1n(CCO)c2ccccc2[n+]1CC[NH+]1CCOCC1. The lowest BCUT2D eigenvalue weighted by Crippen LogP contribution is -3.14. The standard InChI is InChI=1S/C15H22N4O2/c16-15-18(6-5-17-8-11-21-12-9-17)13-3-1-2-4-14(13)19(15)7-10-20/h1-4,16,20H,5-12H2/p+2. The number of ether oxygens (including phenoxy) is 1. The maximum atomic E-state index is 9.24. The van der Waals surface area contributed by atoms with Crippen molar-refractivity contribution in [3.05, 3.63) is 24.3 Å². The molecule has 0 unspecified atom stereocenters. The number of morpholine rings is 1. The van der Waals surface area contributed by atoms with E-state index in [4.69, 9.17) is 10.5 Å². The number of imidazole rings is 1. The minimum atomic E-state index is 0.0948. The van der Waals surface area contributed by atoms with Crippen LogP contribution >= 0.6 is 0 Å². The molecule has 0 bridgehead atoms. The average molecular weight is 292 g/mol. The number of aliphatic hydroxyl groups is 1. The van der Waals surface area contributed by atoms with E-state index >= 15 is 0 Å². The van der Waals surface area contributed by atoms with Crippen LogP contribution in [0, 0.1) is 0 Å². The number of nitrogens with two attached hydrogens (primary N) is 1. The van der Waals surface area contributed by atoms with E-state index < -0.39 is 0 Å². The number of nitrogen functional groups attached to an aromatic ring is 1. The zero-order chi connectivity index (χ0) is 14.7. The molecule has 114 valence electrons. The molecule has 1 saturated heterocycles. The molecule has 0 spiro atoms. The third kappa shape index (κ3) is 2.88. The van der Waals surface area contributed by atoms with Crippen molar-refractivity contribution in [2.75, 3.05) is 45.2 Å². The molecule has 1 aliphatic rings. The molecular weight excluding hydrogens is 268 g/mol. The van der Waals surface area contributed by atoms with Crippen LogP contribution in [0.15, 0.2) is 24.3 Å². The number of aliphatic hydroxyl groups excluding tert-OH is 1. The van der Waals surface area contributed by atoms with Gasteiger partial charge in [0.25, 0.3) is 0 Å². The Bertz CT molecular complexity index is 605. The van der Waals surface area contributed by atoms with Crippen LogP contribution < -0.4 is 15.2 Å². The summed E-state index contributed by atoms with van der Waals surface area (Å²) in [5.41, 5.74) is 8.52. The molecule has 1 aromatic carbocycles. The van der Waals surface area contributed by atoms with Gasteiger partial charge in [-0.05, 0) is 12.1 Å². The van der Waals surface area contributed by atoms with Gasteiger partial charge in [-0.15, -0.1) is 0 Å². The fourth-order valence-corrected chi connectivity index (χ4v) is 3.06. The highest BCUT2D eigenvalue weighted by Crippen LogP contribution is 2.15. The smallest absolute Gasteiger partial charge is 0.356 e. The molecule has 0 amide bonds. The number of hydrogen-bond donors (Lipinski definition) is 3. The normalized spacial score (nSPS) is 16.6. The first-order valence-corrected chi connectivity index (χ1v) is 7.60. The van der Waals surface area contributed by atoms with Gasteiger partial charge in [-0.2, -0.15) is 0 Å². The molecule has 21 heavy (non-hydrogen) atoms. The van der Waals surface area contributed by atoms with Crippen LogP contribution in [0.3, 0.4) is 0 Å². The van der Waals surface area contributed by atoms with Gasteiger partial charge in [-0.25, -0.2) is 9.13 Å². The summed E-state index contributed by atoms with van der Waals surface area (Å²) < 4.78 is 9.55. The molecule has 2 heterocycles. The third-order valence-corrected chi connectivity index (χ3v) is 4.23. The van der Waals surface area contributed by atoms with Gasteiger partial charge >= 0.3 is 5.95 Å². The van der Waals surface area contributed by atoms with E-state index in [0.29, 0.717) is 6.54 Å². The molecule has 1 aliphatic heterocycles. The Morgan fingerprint density at radius 2 is 2.05 bits per heavy atom. The number of rotatable bonds is 5. The first-order chi connectivity index (χ1) is 10.3. The fraction of sp³-hybridized carbons (Fsp3) is 0.533. The highest BCUT2D eigenvalue weighted by Gasteiger charge is 2.22. The lowest BCUT2D eigenvalue weighted by atomic mass is 10.3. The molecule has 6 heteroatoms. The summed E-state index contributed by atoms with van der Waals surface area (Å²) >= 11 is 0. The first kappa shape index (κ1) is 14.3. The maximum Gasteiger partial charge on any atom is 0.356 e. The molecule has 0 saturated carbocycles. The van der Waals surface area contributed by atoms with E-state index in [1.807, 2.05) is 16.7 Å². The second kappa shape index (κ2) is 6.43. The van der Waals surface area contributed by atoms with Gasteiger partial charge in [0.05, 0.1) is 26.4 Å². The number of fused-ring (bicyclic) bond motifs is 1. The summed E-state index contributed by atoms with van der Waals surface area (Å²) in [6.07, 6.45) is 0. The number of nitrogens with zero attached hydrogens (tertiary/aromatic N) is 2. The fourth-order valence-electron chi connectivity index (χ4n) is 3.06. The number of quaternary nitrogens is 1. The second-order valence-corrected chi connectivity index (χ2v) is 5.49. The Balaban J connectivity index is 1.85. The lowest BCUT2D eigenvalue weighted by molar-refractivity contribution is -0.923. The monoisotopic (exact) mass is 292 g/mol. The Kier molecular flexibility index (Phi) is 4.38. The van der Waals surface area contributed by atoms with Crippen LogP contribution in [-0.2, 0) is 17.8 Å². The summed E-state index contributed by atoms with van der Waals surface area (Å²) in [4.78, 5) is 1.56. The Labute approximate surface area is 124 Å². The van der Waals surface area contributed by atoms with Gasteiger partial charge in [-0.3, -0.25) is 5.73 Å². The van der Waals surface area contributed by atoms with Crippen molar-refractivity contribution < 1.29 is 19.3 Å². The van der Waals surface area contributed by atoms with Crippen LogP contribution in [0.2, 0.25) is 0 Å². The van der Waals surface area contributed by atoms with E-state index in [2.05, 4.69) is 16.7 Å². The van der Waals surface area contributed by atoms with Crippen LogP contribution in [0.1, 0.15) is 0 Å². The zero-order valence-corrected chi connectivity index (χ0v) is 12.3. The minimum absolute atomic E-state index is 0.0948. The number of anilines is 1. The summed E-state index contributed by atoms with van der Waals surface area (Å²) in [6.45, 7) is 6.39. The van der Waals surface area contributed by atoms with E-state index in [-0.39, 0.29) is 6.61 Å². The van der Waals surface area contributed by atoms with Crippen LogP contribution in [0.4, 0.5) is 5.95 Å². The number of para-hydroxylation sites is 2.